The van der Waals surface area contributed by atoms with Gasteiger partial charge in [-0.25, -0.2) is 0 Å². The highest BCUT2D eigenvalue weighted by Crippen LogP contribution is 2.54. The first-order chi connectivity index (χ1) is 9.91. The van der Waals surface area contributed by atoms with Crippen molar-refractivity contribution in [3.63, 3.8) is 0 Å². The largest absolute Gasteiger partial charge is 0.450 e. The van der Waals surface area contributed by atoms with E-state index in [9.17, 15) is 14.4 Å². The van der Waals surface area contributed by atoms with Crippen LogP contribution in [0.15, 0.2) is 0 Å². The number of hydrogen-bond donors (Lipinski definition) is 0. The molecule has 1 unspecified atom stereocenters. The maximum atomic E-state index is 12.3. The average molecular weight is 334 g/mol. The van der Waals surface area contributed by atoms with Crippen LogP contribution in [0.4, 0.5) is 0 Å². The third-order valence-corrected chi connectivity index (χ3v) is 6.47. The lowest BCUT2D eigenvalue weighted by Crippen LogP contribution is -2.52. The second-order valence-corrected chi connectivity index (χ2v) is 7.49. The summed E-state index contributed by atoms with van der Waals surface area (Å²) in [6, 6.07) is 0. The average Bonchev–Trinajstić information content (AvgIpc) is 2.81. The molecule has 0 saturated carbocycles. The van der Waals surface area contributed by atoms with Crippen LogP contribution in [0.5, 0.6) is 0 Å². The smallest absolute Gasteiger partial charge is 0.362 e. The molecule has 0 N–H and O–H groups in total. The van der Waals surface area contributed by atoms with Crippen LogP contribution >= 0.6 is 23.5 Å². The normalized spacial score (nSPS) is 26.3. The van der Waals surface area contributed by atoms with E-state index in [1.54, 1.807) is 20.8 Å². The van der Waals surface area contributed by atoms with Crippen molar-refractivity contribution in [3.05, 3.63) is 0 Å². The number of esters is 3. The van der Waals surface area contributed by atoms with Crippen molar-refractivity contribution in [2.24, 2.45) is 5.41 Å². The van der Waals surface area contributed by atoms with Crippen LogP contribution in [-0.4, -0.2) is 33.5 Å². The summed E-state index contributed by atoms with van der Waals surface area (Å²) < 4.78 is 14.6. The molecule has 6 nitrogen and oxygen atoms in total. The second-order valence-electron chi connectivity index (χ2n) is 4.77. The fourth-order valence-electron chi connectivity index (χ4n) is 2.15. The molecule has 2 aliphatic heterocycles. The highest BCUT2D eigenvalue weighted by atomic mass is 32.2. The Bertz CT molecular complexity index is 440. The molecule has 0 aromatic rings. The summed E-state index contributed by atoms with van der Waals surface area (Å²) in [5.74, 6) is -1.06. The fraction of sp³-hybridized carbons (Fsp3) is 0.769. The molecule has 0 radical (unpaired) electrons. The Kier molecular flexibility index (Phi) is 4.77. The molecule has 0 aromatic heterocycles. The minimum atomic E-state index is -1.42. The minimum Gasteiger partial charge on any atom is -0.450 e. The van der Waals surface area contributed by atoms with Crippen molar-refractivity contribution in [3.8, 4) is 0 Å². The van der Waals surface area contributed by atoms with E-state index in [0.29, 0.717) is 18.6 Å². The summed E-state index contributed by atoms with van der Waals surface area (Å²) in [6.07, 6.45) is 0.935. The minimum absolute atomic E-state index is 0.267. The van der Waals surface area contributed by atoms with E-state index in [2.05, 4.69) is 0 Å². The van der Waals surface area contributed by atoms with Gasteiger partial charge in [-0.1, -0.05) is 32.5 Å². The van der Waals surface area contributed by atoms with Crippen LogP contribution in [0.3, 0.4) is 0 Å². The van der Waals surface area contributed by atoms with Crippen molar-refractivity contribution in [1.29, 1.82) is 0 Å². The van der Waals surface area contributed by atoms with Crippen molar-refractivity contribution in [1.82, 2.24) is 0 Å². The Morgan fingerprint density at radius 1 is 1.24 bits per heavy atom. The van der Waals surface area contributed by atoms with Gasteiger partial charge in [-0.15, -0.1) is 0 Å². The lowest BCUT2D eigenvalue weighted by atomic mass is 9.82. The molecule has 8 heteroatoms. The van der Waals surface area contributed by atoms with E-state index >= 15 is 0 Å². The van der Waals surface area contributed by atoms with Gasteiger partial charge in [0, 0.05) is 12.2 Å². The molecule has 1 atom stereocenters. The van der Waals surface area contributed by atoms with Crippen LogP contribution in [0.2, 0.25) is 0 Å². The summed E-state index contributed by atoms with van der Waals surface area (Å²) in [7, 11) is 0. The van der Waals surface area contributed by atoms with Gasteiger partial charge in [0.2, 0.25) is 0 Å². The molecule has 1 spiro atoms. The Morgan fingerprint density at radius 2 is 1.81 bits per heavy atom. The molecule has 0 aliphatic carbocycles. The standard InChI is InChI=1S/C13H18O6S2/c1-4-8(14)17-9-7-20-13(21-9)18-10(15)12(5-2,6-3)11(16)19-13/h9H,4-7H2,1-3H3. The molecule has 2 aliphatic rings. The molecule has 2 saturated heterocycles. The molecular weight excluding hydrogens is 316 g/mol. The number of thioether (sulfide) groups is 2. The molecular formula is C13H18O6S2. The van der Waals surface area contributed by atoms with Gasteiger partial charge in [-0.2, -0.15) is 0 Å². The SMILES string of the molecule is CCC(=O)OC1CSC2(OC(=O)C(CC)(CC)C(=O)O2)S1. The van der Waals surface area contributed by atoms with Crippen LogP contribution in [0, 0.1) is 5.41 Å². The molecule has 21 heavy (non-hydrogen) atoms. The number of rotatable bonds is 4. The van der Waals surface area contributed by atoms with Crippen LogP contribution in [-0.2, 0) is 28.6 Å². The summed E-state index contributed by atoms with van der Waals surface area (Å²) in [4.78, 5) is 35.9. The van der Waals surface area contributed by atoms with E-state index in [1.165, 1.54) is 0 Å². The third kappa shape index (κ3) is 2.88. The van der Waals surface area contributed by atoms with Gasteiger partial charge in [0.1, 0.15) is 0 Å². The molecule has 118 valence electrons. The maximum absolute atomic E-state index is 12.3. The van der Waals surface area contributed by atoms with Crippen molar-refractivity contribution < 1.29 is 28.6 Å². The van der Waals surface area contributed by atoms with Crippen LogP contribution in [0.1, 0.15) is 40.0 Å². The maximum Gasteiger partial charge on any atom is 0.362 e. The van der Waals surface area contributed by atoms with E-state index in [0.717, 1.165) is 23.5 Å². The Labute approximate surface area is 131 Å². The summed E-state index contributed by atoms with van der Waals surface area (Å²) in [6.45, 7) is 5.21. The quantitative estimate of drug-likeness (QED) is 0.572. The monoisotopic (exact) mass is 334 g/mol. The first-order valence-corrected chi connectivity index (χ1v) is 8.76. The lowest BCUT2D eigenvalue weighted by Gasteiger charge is -2.39. The van der Waals surface area contributed by atoms with Gasteiger partial charge in [-0.3, -0.25) is 14.4 Å². The van der Waals surface area contributed by atoms with Gasteiger partial charge in [-0.05, 0) is 24.6 Å². The lowest BCUT2D eigenvalue weighted by molar-refractivity contribution is -0.215. The first kappa shape index (κ1) is 16.5. The molecule has 2 heterocycles. The molecule has 2 rings (SSSR count). The van der Waals surface area contributed by atoms with Gasteiger partial charge in [0.15, 0.2) is 10.9 Å². The van der Waals surface area contributed by atoms with Crippen molar-refractivity contribution in [2.75, 3.05) is 5.75 Å². The molecule has 2 fully saturated rings. The molecule has 0 bridgehead atoms. The number of carbonyl (C=O) groups is 3. The zero-order valence-electron chi connectivity index (χ0n) is 12.2. The van der Waals surface area contributed by atoms with Gasteiger partial charge < -0.3 is 14.2 Å². The molecule has 0 aromatic carbocycles. The van der Waals surface area contributed by atoms with E-state index in [-0.39, 0.29) is 12.4 Å². The van der Waals surface area contributed by atoms with Gasteiger partial charge >= 0.3 is 22.4 Å². The Balaban J connectivity index is 2.09. The zero-order chi connectivity index (χ0) is 15.7. The number of carbonyl (C=O) groups excluding carboxylic acids is 3. The van der Waals surface area contributed by atoms with E-state index < -0.39 is 27.2 Å². The first-order valence-electron chi connectivity index (χ1n) is 6.89. The summed E-state index contributed by atoms with van der Waals surface area (Å²) >= 11 is 2.20. The van der Waals surface area contributed by atoms with E-state index in [1.807, 2.05) is 0 Å². The summed E-state index contributed by atoms with van der Waals surface area (Å²) in [5, 5.41) is 0. The predicted octanol–water partition coefficient (Wildman–Crippen LogP) is 2.26. The van der Waals surface area contributed by atoms with Crippen LogP contribution < -0.4 is 0 Å². The Hall–Kier alpha value is -0.890. The topological polar surface area (TPSA) is 78.9 Å². The Morgan fingerprint density at radius 3 is 2.29 bits per heavy atom. The van der Waals surface area contributed by atoms with Crippen molar-refractivity contribution in [2.45, 2.75) is 49.9 Å². The number of ether oxygens (including phenoxy) is 3. The molecule has 0 amide bonds. The highest BCUT2D eigenvalue weighted by Gasteiger charge is 2.61. The second kappa shape index (κ2) is 6.08. The van der Waals surface area contributed by atoms with Gasteiger partial charge in [0.25, 0.3) is 0 Å². The summed E-state index contributed by atoms with van der Waals surface area (Å²) in [5.41, 5.74) is -1.70. The third-order valence-electron chi connectivity index (χ3n) is 3.65. The fourth-order valence-corrected chi connectivity index (χ4v) is 4.83. The zero-order valence-corrected chi connectivity index (χ0v) is 13.8. The number of hydrogen-bond acceptors (Lipinski definition) is 8. The van der Waals surface area contributed by atoms with Crippen molar-refractivity contribution >= 4 is 41.4 Å². The van der Waals surface area contributed by atoms with Gasteiger partial charge in [0.05, 0.1) is 0 Å². The predicted molar refractivity (Wildman–Crippen MR) is 78.2 cm³/mol. The highest BCUT2D eigenvalue weighted by molar-refractivity contribution is 8.21. The van der Waals surface area contributed by atoms with Crippen LogP contribution in [0.25, 0.3) is 0 Å². The van der Waals surface area contributed by atoms with E-state index in [4.69, 9.17) is 14.2 Å².